The molecule has 0 saturated carbocycles. The quantitative estimate of drug-likeness (QED) is 0.734. The molecule has 0 spiro atoms. The highest BCUT2D eigenvalue weighted by atomic mass is 79.9. The van der Waals surface area contributed by atoms with Crippen molar-refractivity contribution in [1.29, 1.82) is 0 Å². The van der Waals surface area contributed by atoms with Gasteiger partial charge in [-0.2, -0.15) is 0 Å². The maximum Gasteiger partial charge on any atom is 0.104 e. The van der Waals surface area contributed by atoms with Crippen LogP contribution in [0.5, 0.6) is 0 Å². The molecular weight excluding hydrogens is 396 g/mol. The molecule has 3 N–H and O–H groups in total. The van der Waals surface area contributed by atoms with Crippen molar-refractivity contribution in [2.75, 3.05) is 5.32 Å². The normalized spacial score (nSPS) is 10.3. The molecule has 0 aliphatic carbocycles. The van der Waals surface area contributed by atoms with Crippen molar-refractivity contribution in [2.24, 2.45) is 5.73 Å². The highest BCUT2D eigenvalue weighted by molar-refractivity contribution is 9.11. The Kier molecular flexibility index (Phi) is 4.77. The second-order valence-corrected chi connectivity index (χ2v) is 6.75. The predicted molar refractivity (Wildman–Crippen MR) is 89.4 cm³/mol. The van der Waals surface area contributed by atoms with Gasteiger partial charge in [-0.05, 0) is 61.5 Å². The summed E-state index contributed by atoms with van der Waals surface area (Å²) in [5.74, 6) is 0. The number of nitrogens with two attached hydrogens (primary N) is 1. The van der Waals surface area contributed by atoms with E-state index in [9.17, 15) is 0 Å². The summed E-state index contributed by atoms with van der Waals surface area (Å²) in [4.78, 5) is 1.67. The van der Waals surface area contributed by atoms with Crippen LogP contribution in [0.3, 0.4) is 0 Å². The third-order valence-electron chi connectivity index (χ3n) is 2.38. The molecule has 1 aromatic carbocycles. The third kappa shape index (κ3) is 3.32. The van der Waals surface area contributed by atoms with Crippen molar-refractivity contribution >= 4 is 66.1 Å². The lowest BCUT2D eigenvalue weighted by Gasteiger charge is -2.09. The molecule has 0 fully saturated rings. The number of benzene rings is 1. The van der Waals surface area contributed by atoms with Crippen LogP contribution < -0.4 is 11.1 Å². The molecule has 0 aliphatic rings. The Bertz CT molecular complexity index is 581. The van der Waals surface area contributed by atoms with Gasteiger partial charge in [0, 0.05) is 25.1 Å². The fourth-order valence-corrected chi connectivity index (χ4v) is 3.52. The highest BCUT2D eigenvalue weighted by Crippen LogP contribution is 2.27. The molecule has 0 radical (unpaired) electrons. The van der Waals surface area contributed by atoms with E-state index in [0.717, 1.165) is 26.7 Å². The number of thiocarbonyl (C=S) groups is 1. The average Bonchev–Trinajstić information content (AvgIpc) is 2.73. The van der Waals surface area contributed by atoms with E-state index in [2.05, 4.69) is 42.6 Å². The number of hydrogen-bond donors (Lipinski definition) is 2. The smallest absolute Gasteiger partial charge is 0.104 e. The van der Waals surface area contributed by atoms with Crippen molar-refractivity contribution in [2.45, 2.75) is 6.54 Å². The van der Waals surface area contributed by atoms with Crippen LogP contribution in [-0.4, -0.2) is 4.99 Å². The summed E-state index contributed by atoms with van der Waals surface area (Å²) in [5, 5.41) is 5.43. The van der Waals surface area contributed by atoms with Crippen LogP contribution in [0.4, 0.5) is 5.69 Å². The van der Waals surface area contributed by atoms with E-state index >= 15 is 0 Å². The van der Waals surface area contributed by atoms with Crippen LogP contribution >= 0.6 is 55.4 Å². The van der Waals surface area contributed by atoms with Crippen LogP contribution in [0, 0.1) is 0 Å². The van der Waals surface area contributed by atoms with Crippen molar-refractivity contribution in [1.82, 2.24) is 0 Å². The van der Waals surface area contributed by atoms with Gasteiger partial charge in [0.15, 0.2) is 0 Å². The van der Waals surface area contributed by atoms with Crippen LogP contribution in [0.2, 0.25) is 0 Å². The Morgan fingerprint density at radius 3 is 2.61 bits per heavy atom. The SMILES string of the molecule is NC(=S)c1ccc(NCc2sccc2Br)c(Br)c1. The number of rotatable bonds is 4. The summed E-state index contributed by atoms with van der Waals surface area (Å²) < 4.78 is 2.09. The maximum atomic E-state index is 5.59. The Labute approximate surface area is 132 Å². The van der Waals surface area contributed by atoms with E-state index in [1.807, 2.05) is 24.3 Å². The number of anilines is 1. The van der Waals surface area contributed by atoms with Crippen LogP contribution in [0.15, 0.2) is 38.6 Å². The molecule has 1 aromatic heterocycles. The second-order valence-electron chi connectivity index (χ2n) is 3.60. The molecule has 94 valence electrons. The third-order valence-corrected chi connectivity index (χ3v) is 5.20. The fraction of sp³-hybridized carbons (Fsp3) is 0.0833. The predicted octanol–water partition coefficient (Wildman–Crippen LogP) is 4.52. The largest absolute Gasteiger partial charge is 0.389 e. The molecule has 2 aromatic rings. The second kappa shape index (κ2) is 6.14. The van der Waals surface area contributed by atoms with E-state index in [1.54, 1.807) is 11.3 Å². The van der Waals surface area contributed by atoms with E-state index in [1.165, 1.54) is 4.88 Å². The molecule has 0 unspecified atom stereocenters. The zero-order chi connectivity index (χ0) is 13.1. The maximum absolute atomic E-state index is 5.59. The standard InChI is InChI=1S/C12H10Br2N2S2/c13-8-3-4-18-11(8)6-16-10-2-1-7(12(15)17)5-9(10)14/h1-5,16H,6H2,(H2,15,17). The number of halogens is 2. The average molecular weight is 406 g/mol. The summed E-state index contributed by atoms with van der Waals surface area (Å²) in [7, 11) is 0. The molecule has 6 heteroatoms. The van der Waals surface area contributed by atoms with Gasteiger partial charge in [0.05, 0.1) is 6.54 Å². The molecule has 18 heavy (non-hydrogen) atoms. The Morgan fingerprint density at radius 1 is 1.28 bits per heavy atom. The Balaban J connectivity index is 2.11. The first-order valence-electron chi connectivity index (χ1n) is 5.13. The lowest BCUT2D eigenvalue weighted by Crippen LogP contribution is -2.09. The zero-order valence-corrected chi connectivity index (χ0v) is 14.0. The van der Waals surface area contributed by atoms with Gasteiger partial charge in [0.1, 0.15) is 4.99 Å². The van der Waals surface area contributed by atoms with Crippen LogP contribution in [0.25, 0.3) is 0 Å². The molecule has 0 amide bonds. The molecule has 0 bridgehead atoms. The van der Waals surface area contributed by atoms with E-state index in [-0.39, 0.29) is 0 Å². The monoisotopic (exact) mass is 404 g/mol. The van der Waals surface area contributed by atoms with Crippen LogP contribution in [0.1, 0.15) is 10.4 Å². The lowest BCUT2D eigenvalue weighted by molar-refractivity contribution is 1.18. The first kappa shape index (κ1) is 14.0. The summed E-state index contributed by atoms with van der Waals surface area (Å²) in [6.45, 7) is 0.781. The van der Waals surface area contributed by atoms with Gasteiger partial charge in [0.2, 0.25) is 0 Å². The van der Waals surface area contributed by atoms with Crippen molar-refractivity contribution < 1.29 is 0 Å². The van der Waals surface area contributed by atoms with E-state index in [0.29, 0.717) is 4.99 Å². The summed E-state index contributed by atoms with van der Waals surface area (Å²) in [6, 6.07) is 7.86. The minimum atomic E-state index is 0.406. The van der Waals surface area contributed by atoms with Crippen molar-refractivity contribution in [3.8, 4) is 0 Å². The zero-order valence-electron chi connectivity index (χ0n) is 9.24. The van der Waals surface area contributed by atoms with Gasteiger partial charge in [-0.3, -0.25) is 0 Å². The first-order chi connectivity index (χ1) is 8.58. The molecule has 0 aliphatic heterocycles. The molecule has 2 rings (SSSR count). The fourth-order valence-electron chi connectivity index (χ4n) is 1.44. The molecule has 0 saturated heterocycles. The minimum Gasteiger partial charge on any atom is -0.389 e. The lowest BCUT2D eigenvalue weighted by atomic mass is 10.2. The molecule has 1 heterocycles. The number of thiophene rings is 1. The van der Waals surface area contributed by atoms with Crippen LogP contribution in [-0.2, 0) is 6.54 Å². The summed E-state index contributed by atoms with van der Waals surface area (Å²) in [5.41, 5.74) is 7.47. The van der Waals surface area contributed by atoms with Gasteiger partial charge in [-0.15, -0.1) is 11.3 Å². The van der Waals surface area contributed by atoms with E-state index < -0.39 is 0 Å². The number of hydrogen-bond acceptors (Lipinski definition) is 3. The topological polar surface area (TPSA) is 38.0 Å². The van der Waals surface area contributed by atoms with Gasteiger partial charge < -0.3 is 11.1 Å². The molecule has 2 nitrogen and oxygen atoms in total. The molecule has 0 atom stereocenters. The Hall–Kier alpha value is -0.430. The van der Waals surface area contributed by atoms with E-state index in [4.69, 9.17) is 18.0 Å². The minimum absolute atomic E-state index is 0.406. The number of nitrogens with one attached hydrogen (secondary N) is 1. The Morgan fingerprint density at radius 2 is 2.06 bits per heavy atom. The van der Waals surface area contributed by atoms with Gasteiger partial charge in [-0.1, -0.05) is 12.2 Å². The van der Waals surface area contributed by atoms with Crippen molar-refractivity contribution in [3.63, 3.8) is 0 Å². The van der Waals surface area contributed by atoms with Gasteiger partial charge in [0.25, 0.3) is 0 Å². The molecular formula is C12H10Br2N2S2. The first-order valence-corrected chi connectivity index (χ1v) is 8.00. The van der Waals surface area contributed by atoms with Gasteiger partial charge >= 0.3 is 0 Å². The summed E-state index contributed by atoms with van der Waals surface area (Å²) >= 11 is 13.7. The summed E-state index contributed by atoms with van der Waals surface area (Å²) in [6.07, 6.45) is 0. The van der Waals surface area contributed by atoms with Gasteiger partial charge in [-0.25, -0.2) is 0 Å². The van der Waals surface area contributed by atoms with Crippen molar-refractivity contribution in [3.05, 3.63) is 49.0 Å². The highest BCUT2D eigenvalue weighted by Gasteiger charge is 2.05.